The zero-order chi connectivity index (χ0) is 23.2. The Labute approximate surface area is 198 Å². The van der Waals surface area contributed by atoms with Gasteiger partial charge in [-0.05, 0) is 73.0 Å². The van der Waals surface area contributed by atoms with E-state index in [-0.39, 0.29) is 5.91 Å². The topological polar surface area (TPSA) is 67.0 Å². The van der Waals surface area contributed by atoms with Crippen LogP contribution in [0.15, 0.2) is 103 Å². The summed E-state index contributed by atoms with van der Waals surface area (Å²) in [5, 5.41) is 4.16. The molecule has 0 atom stereocenters. The highest BCUT2D eigenvalue weighted by Gasteiger charge is 2.14. The van der Waals surface area contributed by atoms with Gasteiger partial charge in [-0.2, -0.15) is 0 Å². The zero-order valence-electron chi connectivity index (χ0n) is 18.7. The lowest BCUT2D eigenvalue weighted by molar-refractivity contribution is -0.116. The van der Waals surface area contributed by atoms with E-state index in [0.717, 1.165) is 46.9 Å². The number of hydrogen-bond donors (Lipinski definition) is 2. The van der Waals surface area contributed by atoms with Crippen molar-refractivity contribution in [3.8, 4) is 22.9 Å². The summed E-state index contributed by atoms with van der Waals surface area (Å²) in [5.74, 6) is 1.50. The minimum atomic E-state index is -0.00375. The molecule has 0 radical (unpaired) electrons. The normalized spacial score (nSPS) is 10.8. The van der Waals surface area contributed by atoms with Gasteiger partial charge in [-0.15, -0.1) is 0 Å². The van der Waals surface area contributed by atoms with Gasteiger partial charge in [0.15, 0.2) is 0 Å². The monoisotopic (exact) mass is 447 g/mol. The number of anilines is 1. The van der Waals surface area contributed by atoms with Crippen molar-refractivity contribution in [2.45, 2.75) is 19.3 Å². The lowest BCUT2D eigenvalue weighted by atomic mass is 10.0. The largest absolute Gasteiger partial charge is 0.457 e. The Morgan fingerprint density at radius 2 is 1.56 bits per heavy atom. The number of aromatic amines is 1. The van der Waals surface area contributed by atoms with E-state index in [1.54, 1.807) is 6.20 Å². The van der Waals surface area contributed by atoms with Crippen LogP contribution < -0.4 is 10.1 Å². The van der Waals surface area contributed by atoms with Crippen molar-refractivity contribution in [1.82, 2.24) is 9.97 Å². The average molecular weight is 448 g/mol. The number of aromatic nitrogens is 2. The van der Waals surface area contributed by atoms with Crippen molar-refractivity contribution in [2.24, 2.45) is 0 Å². The summed E-state index contributed by atoms with van der Waals surface area (Å²) in [5.41, 5.74) is 4.98. The van der Waals surface area contributed by atoms with E-state index in [0.29, 0.717) is 6.42 Å². The molecule has 2 aromatic heterocycles. The summed E-state index contributed by atoms with van der Waals surface area (Å²) in [6.07, 6.45) is 3.76. The number of H-pyrrole nitrogens is 1. The molecular weight excluding hydrogens is 422 g/mol. The smallest absolute Gasteiger partial charge is 0.224 e. The molecule has 0 saturated heterocycles. The first kappa shape index (κ1) is 21.5. The Bertz CT molecular complexity index is 1380. The molecule has 2 heterocycles. The van der Waals surface area contributed by atoms with E-state index >= 15 is 0 Å². The molecule has 0 unspecified atom stereocenters. The summed E-state index contributed by atoms with van der Waals surface area (Å²) in [6.45, 7) is 0. The molecule has 5 rings (SSSR count). The first-order chi connectivity index (χ1) is 16.8. The highest BCUT2D eigenvalue weighted by Crippen LogP contribution is 2.30. The Kier molecular flexibility index (Phi) is 6.34. The standard InChI is InChI=1S/C29H25N3O2/c33-28(31-21-16-18-23(19-17-21)34-22-9-2-1-3-10-22)15-8-12-25-24-11-4-5-13-26(24)32-29(25)27-14-6-7-20-30-27/h1-7,9-11,13-14,16-20,32H,8,12,15H2,(H,31,33). The maximum absolute atomic E-state index is 12.6. The van der Waals surface area contributed by atoms with Crippen LogP contribution in [0.1, 0.15) is 18.4 Å². The van der Waals surface area contributed by atoms with Crippen LogP contribution in [0.3, 0.4) is 0 Å². The number of para-hydroxylation sites is 2. The second-order valence-electron chi connectivity index (χ2n) is 8.08. The molecule has 5 nitrogen and oxygen atoms in total. The Morgan fingerprint density at radius 1 is 0.824 bits per heavy atom. The molecule has 0 aliphatic carbocycles. The number of pyridine rings is 1. The van der Waals surface area contributed by atoms with E-state index < -0.39 is 0 Å². The Morgan fingerprint density at radius 3 is 2.35 bits per heavy atom. The lowest BCUT2D eigenvalue weighted by Crippen LogP contribution is -2.11. The molecule has 3 aromatic carbocycles. The molecule has 34 heavy (non-hydrogen) atoms. The van der Waals surface area contributed by atoms with Crippen LogP contribution in [0.2, 0.25) is 0 Å². The molecule has 1 amide bonds. The van der Waals surface area contributed by atoms with Crippen molar-refractivity contribution in [3.63, 3.8) is 0 Å². The summed E-state index contributed by atoms with van der Waals surface area (Å²) >= 11 is 0. The van der Waals surface area contributed by atoms with E-state index in [2.05, 4.69) is 27.4 Å². The van der Waals surface area contributed by atoms with Gasteiger partial charge in [-0.25, -0.2) is 0 Å². The van der Waals surface area contributed by atoms with Crippen LogP contribution in [0.25, 0.3) is 22.3 Å². The predicted molar refractivity (Wildman–Crippen MR) is 136 cm³/mol. The van der Waals surface area contributed by atoms with E-state index in [9.17, 15) is 4.79 Å². The fourth-order valence-electron chi connectivity index (χ4n) is 4.07. The van der Waals surface area contributed by atoms with Gasteiger partial charge in [-0.3, -0.25) is 9.78 Å². The fourth-order valence-corrected chi connectivity index (χ4v) is 4.07. The second-order valence-corrected chi connectivity index (χ2v) is 8.08. The minimum absolute atomic E-state index is 0.00375. The van der Waals surface area contributed by atoms with Crippen molar-refractivity contribution < 1.29 is 9.53 Å². The number of nitrogens with zero attached hydrogens (tertiary/aromatic N) is 1. The molecule has 0 spiro atoms. The Hall–Kier alpha value is -4.38. The van der Waals surface area contributed by atoms with Gasteiger partial charge >= 0.3 is 0 Å². The molecule has 5 aromatic rings. The summed E-state index contributed by atoms with van der Waals surface area (Å²) < 4.78 is 5.81. The molecule has 2 N–H and O–H groups in total. The van der Waals surface area contributed by atoms with Crippen LogP contribution >= 0.6 is 0 Å². The van der Waals surface area contributed by atoms with Crippen molar-refractivity contribution >= 4 is 22.5 Å². The quantitative estimate of drug-likeness (QED) is 0.269. The first-order valence-corrected chi connectivity index (χ1v) is 11.4. The van der Waals surface area contributed by atoms with Crippen LogP contribution in [0.5, 0.6) is 11.5 Å². The molecule has 0 bridgehead atoms. The molecule has 0 aliphatic rings. The number of rotatable bonds is 8. The molecular formula is C29H25N3O2. The number of amides is 1. The van der Waals surface area contributed by atoms with Gasteiger partial charge in [0.1, 0.15) is 11.5 Å². The first-order valence-electron chi connectivity index (χ1n) is 11.4. The number of ether oxygens (including phenoxy) is 1. The molecule has 0 saturated carbocycles. The van der Waals surface area contributed by atoms with Gasteiger partial charge in [0.05, 0.1) is 11.4 Å². The maximum Gasteiger partial charge on any atom is 0.224 e. The number of aryl methyl sites for hydroxylation is 1. The fraction of sp³-hybridized carbons (Fsp3) is 0.103. The number of nitrogens with one attached hydrogen (secondary N) is 2. The molecule has 5 heteroatoms. The third kappa shape index (κ3) is 4.99. The number of benzene rings is 3. The summed E-state index contributed by atoms with van der Waals surface area (Å²) in [6, 6.07) is 31.2. The van der Waals surface area contributed by atoms with Gasteiger partial charge in [0.25, 0.3) is 0 Å². The van der Waals surface area contributed by atoms with Gasteiger partial charge < -0.3 is 15.0 Å². The predicted octanol–water partition coefficient (Wildman–Crippen LogP) is 6.98. The van der Waals surface area contributed by atoms with Gasteiger partial charge in [0, 0.05) is 29.2 Å². The average Bonchev–Trinajstić information content (AvgIpc) is 3.25. The molecule has 0 fully saturated rings. The molecule has 0 aliphatic heterocycles. The minimum Gasteiger partial charge on any atom is -0.457 e. The van der Waals surface area contributed by atoms with Crippen molar-refractivity contribution in [3.05, 3.63) is 109 Å². The van der Waals surface area contributed by atoms with Crippen molar-refractivity contribution in [2.75, 3.05) is 5.32 Å². The highest BCUT2D eigenvalue weighted by molar-refractivity contribution is 5.92. The lowest BCUT2D eigenvalue weighted by Gasteiger charge is -2.09. The Balaban J connectivity index is 1.21. The SMILES string of the molecule is O=C(CCCc1c(-c2ccccn2)[nH]c2ccccc12)Nc1ccc(Oc2ccccc2)cc1. The third-order valence-corrected chi connectivity index (χ3v) is 5.68. The van der Waals surface area contributed by atoms with Gasteiger partial charge in [0.2, 0.25) is 5.91 Å². The molecule has 168 valence electrons. The van der Waals surface area contributed by atoms with Crippen LogP contribution in [0, 0.1) is 0 Å². The van der Waals surface area contributed by atoms with Crippen molar-refractivity contribution in [1.29, 1.82) is 0 Å². The highest BCUT2D eigenvalue weighted by atomic mass is 16.5. The van der Waals surface area contributed by atoms with Crippen LogP contribution in [-0.4, -0.2) is 15.9 Å². The van der Waals surface area contributed by atoms with E-state index in [1.165, 1.54) is 10.9 Å². The van der Waals surface area contributed by atoms with Crippen LogP contribution in [0.4, 0.5) is 5.69 Å². The number of carbonyl (C=O) groups is 1. The van der Waals surface area contributed by atoms with E-state index in [4.69, 9.17) is 4.74 Å². The zero-order valence-corrected chi connectivity index (χ0v) is 18.7. The number of hydrogen-bond acceptors (Lipinski definition) is 3. The number of carbonyl (C=O) groups excluding carboxylic acids is 1. The second kappa shape index (κ2) is 10.0. The summed E-state index contributed by atoms with van der Waals surface area (Å²) in [7, 11) is 0. The maximum atomic E-state index is 12.6. The van der Waals surface area contributed by atoms with Gasteiger partial charge in [-0.1, -0.05) is 42.5 Å². The van der Waals surface area contributed by atoms with Crippen LogP contribution in [-0.2, 0) is 11.2 Å². The summed E-state index contributed by atoms with van der Waals surface area (Å²) in [4.78, 5) is 20.6. The van der Waals surface area contributed by atoms with E-state index in [1.807, 2.05) is 84.9 Å². The third-order valence-electron chi connectivity index (χ3n) is 5.68. The number of fused-ring (bicyclic) bond motifs is 1.